The third-order valence-electron chi connectivity index (χ3n) is 3.03. The van der Waals surface area contributed by atoms with Crippen LogP contribution in [0.5, 0.6) is 0 Å². The van der Waals surface area contributed by atoms with Crippen LogP contribution >= 0.6 is 0 Å². The lowest BCUT2D eigenvalue weighted by Gasteiger charge is -2.32. The highest BCUT2D eigenvalue weighted by atomic mass is 15.5. The zero-order valence-electron chi connectivity index (χ0n) is 10.2. The quantitative estimate of drug-likeness (QED) is 0.699. The molecule has 2 unspecified atom stereocenters. The Morgan fingerprint density at radius 1 is 1.29 bits per heavy atom. The van der Waals surface area contributed by atoms with Crippen molar-refractivity contribution in [3.63, 3.8) is 0 Å². The molecular formula is C12H26N2. The Morgan fingerprint density at radius 3 is 2.57 bits per heavy atom. The van der Waals surface area contributed by atoms with Crippen molar-refractivity contribution >= 4 is 0 Å². The van der Waals surface area contributed by atoms with Gasteiger partial charge in [-0.25, -0.2) is 0 Å². The van der Waals surface area contributed by atoms with E-state index in [1.54, 1.807) is 0 Å². The second-order valence-corrected chi connectivity index (χ2v) is 5.38. The summed E-state index contributed by atoms with van der Waals surface area (Å²) < 4.78 is 0. The highest BCUT2D eigenvalue weighted by Gasteiger charge is 2.22. The van der Waals surface area contributed by atoms with Crippen molar-refractivity contribution in [1.82, 2.24) is 10.4 Å². The minimum absolute atomic E-state index is 0.725. The average molecular weight is 198 g/mol. The van der Waals surface area contributed by atoms with Gasteiger partial charge in [0.1, 0.15) is 0 Å². The van der Waals surface area contributed by atoms with Gasteiger partial charge < -0.3 is 0 Å². The van der Waals surface area contributed by atoms with Crippen LogP contribution in [0.2, 0.25) is 0 Å². The van der Waals surface area contributed by atoms with E-state index in [0.717, 1.165) is 17.9 Å². The van der Waals surface area contributed by atoms with Crippen LogP contribution in [0.3, 0.4) is 0 Å². The van der Waals surface area contributed by atoms with Crippen molar-refractivity contribution in [3.8, 4) is 0 Å². The van der Waals surface area contributed by atoms with Crippen LogP contribution in [0, 0.1) is 11.8 Å². The molecule has 2 nitrogen and oxygen atoms in total. The van der Waals surface area contributed by atoms with Gasteiger partial charge in [0.25, 0.3) is 0 Å². The zero-order valence-corrected chi connectivity index (χ0v) is 10.2. The molecule has 1 N–H and O–H groups in total. The number of nitrogens with zero attached hydrogens (tertiary/aromatic N) is 1. The highest BCUT2D eigenvalue weighted by Crippen LogP contribution is 2.29. The molecule has 2 atom stereocenters. The zero-order chi connectivity index (χ0) is 10.6. The summed E-state index contributed by atoms with van der Waals surface area (Å²) >= 11 is 0. The van der Waals surface area contributed by atoms with Gasteiger partial charge in [0, 0.05) is 20.1 Å². The fourth-order valence-corrected chi connectivity index (χ4v) is 2.65. The first-order valence-corrected chi connectivity index (χ1v) is 6.01. The van der Waals surface area contributed by atoms with Gasteiger partial charge >= 0.3 is 0 Å². The number of hydrogen-bond acceptors (Lipinski definition) is 2. The van der Waals surface area contributed by atoms with Gasteiger partial charge in [-0.3, -0.25) is 10.4 Å². The molecule has 14 heavy (non-hydrogen) atoms. The molecule has 0 spiro atoms. The molecule has 0 aromatic carbocycles. The molecule has 1 saturated carbocycles. The third-order valence-corrected chi connectivity index (χ3v) is 3.03. The summed E-state index contributed by atoms with van der Waals surface area (Å²) in [5.74, 6) is 1.82. The minimum atomic E-state index is 0.725. The standard InChI is InChI=1S/C12H26N2/c1-10(2)8-11-6-5-7-12(9-11)13-14(3)4/h10-13H,5-9H2,1-4H3. The van der Waals surface area contributed by atoms with Crippen LogP contribution in [0.4, 0.5) is 0 Å². The van der Waals surface area contributed by atoms with E-state index in [1.165, 1.54) is 32.1 Å². The van der Waals surface area contributed by atoms with Gasteiger partial charge in [0.15, 0.2) is 0 Å². The van der Waals surface area contributed by atoms with Crippen molar-refractivity contribution < 1.29 is 0 Å². The van der Waals surface area contributed by atoms with Gasteiger partial charge in [0.05, 0.1) is 0 Å². The maximum absolute atomic E-state index is 3.52. The lowest BCUT2D eigenvalue weighted by atomic mass is 9.81. The van der Waals surface area contributed by atoms with E-state index in [-0.39, 0.29) is 0 Å². The first-order valence-electron chi connectivity index (χ1n) is 6.01. The van der Waals surface area contributed by atoms with Crippen molar-refractivity contribution in [2.45, 2.75) is 52.0 Å². The number of hydrazine groups is 1. The Kier molecular flexibility index (Phi) is 4.90. The average Bonchev–Trinajstić information content (AvgIpc) is 2.01. The van der Waals surface area contributed by atoms with E-state index in [4.69, 9.17) is 0 Å². The van der Waals surface area contributed by atoms with E-state index in [9.17, 15) is 0 Å². The predicted molar refractivity (Wildman–Crippen MR) is 62.0 cm³/mol. The molecule has 1 aliphatic rings. The molecule has 0 amide bonds. The van der Waals surface area contributed by atoms with Crippen molar-refractivity contribution in [1.29, 1.82) is 0 Å². The summed E-state index contributed by atoms with van der Waals surface area (Å²) in [6, 6.07) is 0.725. The third kappa shape index (κ3) is 4.43. The summed E-state index contributed by atoms with van der Waals surface area (Å²) in [5.41, 5.74) is 3.52. The summed E-state index contributed by atoms with van der Waals surface area (Å²) in [6.07, 6.45) is 6.99. The Bertz CT molecular complexity index is 138. The van der Waals surface area contributed by atoms with Crippen LogP contribution in [-0.4, -0.2) is 25.1 Å². The molecule has 0 heterocycles. The Balaban J connectivity index is 2.28. The van der Waals surface area contributed by atoms with E-state index in [2.05, 4.69) is 38.4 Å². The van der Waals surface area contributed by atoms with Crippen molar-refractivity contribution in [2.24, 2.45) is 11.8 Å². The van der Waals surface area contributed by atoms with Crippen LogP contribution in [-0.2, 0) is 0 Å². The molecule has 0 aliphatic heterocycles. The summed E-state index contributed by atoms with van der Waals surface area (Å²) in [6.45, 7) is 4.67. The van der Waals surface area contributed by atoms with Crippen LogP contribution in [0.25, 0.3) is 0 Å². The van der Waals surface area contributed by atoms with Crippen LogP contribution in [0.1, 0.15) is 46.0 Å². The molecule has 1 aliphatic carbocycles. The monoisotopic (exact) mass is 198 g/mol. The second-order valence-electron chi connectivity index (χ2n) is 5.38. The SMILES string of the molecule is CC(C)CC1CCCC(NN(C)C)C1. The van der Waals surface area contributed by atoms with Crippen LogP contribution < -0.4 is 5.43 Å². The molecule has 1 fully saturated rings. The Morgan fingerprint density at radius 2 is 2.00 bits per heavy atom. The molecule has 2 heteroatoms. The molecule has 0 radical (unpaired) electrons. The topological polar surface area (TPSA) is 15.3 Å². The first kappa shape index (κ1) is 12.0. The van der Waals surface area contributed by atoms with Gasteiger partial charge in [-0.1, -0.05) is 26.7 Å². The molecular weight excluding hydrogens is 172 g/mol. The normalized spacial score (nSPS) is 28.7. The Hall–Kier alpha value is -0.0800. The maximum Gasteiger partial charge on any atom is 0.0217 e. The minimum Gasteiger partial charge on any atom is -0.253 e. The van der Waals surface area contributed by atoms with Gasteiger partial charge in [-0.05, 0) is 31.1 Å². The predicted octanol–water partition coefficient (Wildman–Crippen LogP) is 2.66. The van der Waals surface area contributed by atoms with E-state index in [1.807, 2.05) is 0 Å². The fourth-order valence-electron chi connectivity index (χ4n) is 2.65. The Labute approximate surface area is 89.0 Å². The second kappa shape index (κ2) is 5.72. The van der Waals surface area contributed by atoms with Crippen molar-refractivity contribution in [2.75, 3.05) is 14.1 Å². The summed E-state index contributed by atoms with van der Waals surface area (Å²) in [7, 11) is 4.18. The van der Waals surface area contributed by atoms with Gasteiger partial charge in [-0.15, -0.1) is 0 Å². The number of hydrogen-bond donors (Lipinski definition) is 1. The van der Waals surface area contributed by atoms with Gasteiger partial charge in [-0.2, -0.15) is 0 Å². The smallest absolute Gasteiger partial charge is 0.0217 e. The lowest BCUT2D eigenvalue weighted by molar-refractivity contribution is 0.170. The van der Waals surface area contributed by atoms with Gasteiger partial charge in [0.2, 0.25) is 0 Å². The lowest BCUT2D eigenvalue weighted by Crippen LogP contribution is -2.42. The molecule has 84 valence electrons. The van der Waals surface area contributed by atoms with Crippen LogP contribution in [0.15, 0.2) is 0 Å². The number of nitrogens with one attached hydrogen (secondary N) is 1. The largest absolute Gasteiger partial charge is 0.253 e. The van der Waals surface area contributed by atoms with E-state index in [0.29, 0.717) is 0 Å². The van der Waals surface area contributed by atoms with E-state index >= 15 is 0 Å². The summed E-state index contributed by atoms with van der Waals surface area (Å²) in [4.78, 5) is 0. The van der Waals surface area contributed by atoms with E-state index < -0.39 is 0 Å². The highest BCUT2D eigenvalue weighted by molar-refractivity contribution is 4.77. The first-order chi connectivity index (χ1) is 6.58. The number of rotatable bonds is 4. The maximum atomic E-state index is 3.52. The molecule has 0 aromatic rings. The molecule has 0 aromatic heterocycles. The molecule has 0 saturated heterocycles. The molecule has 1 rings (SSSR count). The van der Waals surface area contributed by atoms with Crippen molar-refractivity contribution in [3.05, 3.63) is 0 Å². The fraction of sp³-hybridized carbons (Fsp3) is 1.00. The molecule has 0 bridgehead atoms. The summed E-state index contributed by atoms with van der Waals surface area (Å²) in [5, 5.41) is 2.10.